The van der Waals surface area contributed by atoms with Gasteiger partial charge in [0.15, 0.2) is 0 Å². The molecule has 0 bridgehead atoms. The van der Waals surface area contributed by atoms with Gasteiger partial charge in [0.05, 0.1) is 12.6 Å². The topological polar surface area (TPSA) is 241 Å². The summed E-state index contributed by atoms with van der Waals surface area (Å²) in [5.74, 6) is -3.05. The first-order chi connectivity index (χ1) is 24.3. The Labute approximate surface area is 304 Å². The summed E-state index contributed by atoms with van der Waals surface area (Å²) in [6, 6.07) is 13.2. The van der Waals surface area contributed by atoms with Crippen molar-refractivity contribution < 1.29 is 28.8 Å². The second kappa shape index (κ2) is 23.1. The molecule has 0 aliphatic rings. The lowest BCUT2D eigenvalue weighted by atomic mass is 10.0. The van der Waals surface area contributed by atoms with E-state index >= 15 is 0 Å². The van der Waals surface area contributed by atoms with Crippen molar-refractivity contribution in [3.05, 3.63) is 71.8 Å². The molecule has 2 aromatic rings. The predicted octanol–water partition coefficient (Wildman–Crippen LogP) is -0.122. The van der Waals surface area contributed by atoms with E-state index in [9.17, 15) is 28.8 Å². The van der Waals surface area contributed by atoms with Crippen molar-refractivity contribution in [1.82, 2.24) is 26.6 Å². The Hall–Kier alpha value is -4.47. The maximum Gasteiger partial charge on any atom is 0.243 e. The molecule has 11 N–H and O–H groups in total. The molecule has 0 saturated heterocycles. The third-order valence-corrected chi connectivity index (χ3v) is 8.58. The van der Waals surface area contributed by atoms with Gasteiger partial charge in [-0.25, -0.2) is 0 Å². The highest BCUT2D eigenvalue weighted by Crippen LogP contribution is 2.09. The lowest BCUT2D eigenvalue weighted by molar-refractivity contribution is -0.133. The number of thioether (sulfide) groups is 1. The van der Waals surface area contributed by atoms with Crippen LogP contribution in [0.15, 0.2) is 60.7 Å². The standard InChI is InChI=1S/C36H54N8O6S/c1-23(2)19-28(35(49)42-27(32(39)46)16-18-51-3)41-31(45)22-40-34(48)29(20-24-11-6-4-7-12-24)44-36(50)30(21-25-13-8-5-9-14-25)43-33(47)26(38)15-10-17-37/h4-9,11-14,23,26-30H,10,15-22,37-38H2,1-3H3,(H2,39,46)(H,40,48)(H,41,45)(H,42,49)(H,43,47)(H,44,50)/t26-,27+,28-,29-,30-/m0/s1. The lowest BCUT2D eigenvalue weighted by Gasteiger charge is -2.25. The molecule has 2 rings (SSSR count). The maximum absolute atomic E-state index is 13.8. The Morgan fingerprint density at radius 3 is 1.71 bits per heavy atom. The fourth-order valence-corrected chi connectivity index (χ4v) is 5.64. The third kappa shape index (κ3) is 16.4. The van der Waals surface area contributed by atoms with Gasteiger partial charge in [-0.05, 0) is 61.3 Å². The minimum atomic E-state index is -1.13. The number of hydrogen-bond acceptors (Lipinski definition) is 9. The summed E-state index contributed by atoms with van der Waals surface area (Å²) >= 11 is 1.50. The number of benzene rings is 2. The Bertz CT molecular complexity index is 1410. The molecule has 0 fully saturated rings. The highest BCUT2D eigenvalue weighted by atomic mass is 32.2. The number of rotatable bonds is 23. The maximum atomic E-state index is 13.8. The smallest absolute Gasteiger partial charge is 0.243 e. The molecule has 6 amide bonds. The summed E-state index contributed by atoms with van der Waals surface area (Å²) < 4.78 is 0. The Balaban J connectivity index is 2.20. The van der Waals surface area contributed by atoms with Gasteiger partial charge in [0.1, 0.15) is 24.2 Å². The summed E-state index contributed by atoms with van der Waals surface area (Å²) in [5, 5.41) is 13.3. The van der Waals surface area contributed by atoms with Crippen LogP contribution in [-0.4, -0.2) is 90.8 Å². The molecule has 51 heavy (non-hydrogen) atoms. The van der Waals surface area contributed by atoms with Crippen LogP contribution in [0.2, 0.25) is 0 Å². The summed E-state index contributed by atoms with van der Waals surface area (Å²) in [6.07, 6.45) is 3.58. The molecule has 0 aromatic heterocycles. The van der Waals surface area contributed by atoms with Crippen LogP contribution in [-0.2, 0) is 41.6 Å². The highest BCUT2D eigenvalue weighted by molar-refractivity contribution is 7.98. The molecule has 2 aromatic carbocycles. The molecular formula is C36H54N8O6S. The van der Waals surface area contributed by atoms with E-state index in [1.807, 2.05) is 56.5 Å². The van der Waals surface area contributed by atoms with Crippen LogP contribution in [0, 0.1) is 5.92 Å². The van der Waals surface area contributed by atoms with E-state index in [2.05, 4.69) is 26.6 Å². The number of hydrogen-bond donors (Lipinski definition) is 8. The normalized spacial score (nSPS) is 13.9. The van der Waals surface area contributed by atoms with E-state index in [0.717, 1.165) is 11.1 Å². The van der Waals surface area contributed by atoms with Crippen molar-refractivity contribution in [2.45, 2.75) is 82.6 Å². The summed E-state index contributed by atoms with van der Waals surface area (Å²) in [4.78, 5) is 78.4. The van der Waals surface area contributed by atoms with Crippen LogP contribution >= 0.6 is 11.8 Å². The molecule has 0 radical (unpaired) electrons. The van der Waals surface area contributed by atoms with E-state index in [1.54, 1.807) is 24.3 Å². The van der Waals surface area contributed by atoms with Crippen molar-refractivity contribution >= 4 is 47.2 Å². The number of carbonyl (C=O) groups excluding carboxylic acids is 6. The van der Waals surface area contributed by atoms with Gasteiger partial charge >= 0.3 is 0 Å². The second-order valence-electron chi connectivity index (χ2n) is 12.8. The third-order valence-electron chi connectivity index (χ3n) is 7.94. The average molecular weight is 727 g/mol. The number of carbonyl (C=O) groups is 6. The van der Waals surface area contributed by atoms with E-state index in [4.69, 9.17) is 17.2 Å². The van der Waals surface area contributed by atoms with Gasteiger partial charge in [-0.2, -0.15) is 11.8 Å². The number of amides is 6. The first kappa shape index (κ1) is 42.7. The van der Waals surface area contributed by atoms with Crippen molar-refractivity contribution in [2.24, 2.45) is 23.1 Å². The fourth-order valence-electron chi connectivity index (χ4n) is 5.17. The molecule has 280 valence electrons. The van der Waals surface area contributed by atoms with E-state index in [0.29, 0.717) is 31.6 Å². The minimum absolute atomic E-state index is 0.0128. The van der Waals surface area contributed by atoms with Crippen LogP contribution < -0.4 is 43.8 Å². The molecule has 0 saturated carbocycles. The second-order valence-corrected chi connectivity index (χ2v) is 13.7. The van der Waals surface area contributed by atoms with Crippen LogP contribution in [0.1, 0.15) is 50.7 Å². The summed E-state index contributed by atoms with van der Waals surface area (Å²) in [5.41, 5.74) is 18.6. The Kier molecular flexibility index (Phi) is 19.3. The molecule has 0 spiro atoms. The molecule has 0 aliphatic heterocycles. The van der Waals surface area contributed by atoms with Crippen LogP contribution in [0.25, 0.3) is 0 Å². The zero-order chi connectivity index (χ0) is 37.8. The van der Waals surface area contributed by atoms with Gasteiger partial charge in [-0.1, -0.05) is 74.5 Å². The van der Waals surface area contributed by atoms with Gasteiger partial charge in [0.2, 0.25) is 35.4 Å². The van der Waals surface area contributed by atoms with E-state index in [-0.39, 0.29) is 25.2 Å². The van der Waals surface area contributed by atoms with Gasteiger partial charge in [-0.15, -0.1) is 0 Å². The lowest BCUT2D eigenvalue weighted by Crippen LogP contribution is -2.58. The minimum Gasteiger partial charge on any atom is -0.368 e. The van der Waals surface area contributed by atoms with Crippen molar-refractivity contribution in [2.75, 3.05) is 25.1 Å². The molecule has 14 nitrogen and oxygen atoms in total. The van der Waals surface area contributed by atoms with Gasteiger partial charge in [-0.3, -0.25) is 28.8 Å². The molecule has 0 aliphatic carbocycles. The zero-order valence-electron chi connectivity index (χ0n) is 29.7. The molecular weight excluding hydrogens is 673 g/mol. The van der Waals surface area contributed by atoms with Gasteiger partial charge < -0.3 is 43.8 Å². The molecule has 0 unspecified atom stereocenters. The molecule has 5 atom stereocenters. The van der Waals surface area contributed by atoms with Gasteiger partial charge in [0, 0.05) is 12.8 Å². The first-order valence-corrected chi connectivity index (χ1v) is 18.5. The van der Waals surface area contributed by atoms with E-state index < -0.39 is 72.2 Å². The SMILES string of the molecule is CSCC[C@@H](NC(=O)[C@H](CC(C)C)NC(=O)CNC(=O)[C@H](Cc1ccccc1)NC(=O)[C@H](Cc1ccccc1)NC(=O)[C@@H](N)CCCN)C(N)=O. The van der Waals surface area contributed by atoms with Crippen LogP contribution in [0.3, 0.4) is 0 Å². The summed E-state index contributed by atoms with van der Waals surface area (Å²) in [6.45, 7) is 3.63. The fraction of sp³-hybridized carbons (Fsp3) is 0.500. The van der Waals surface area contributed by atoms with Gasteiger partial charge in [0.25, 0.3) is 0 Å². The molecule has 15 heteroatoms. The van der Waals surface area contributed by atoms with Crippen molar-refractivity contribution in [3.8, 4) is 0 Å². The largest absolute Gasteiger partial charge is 0.368 e. The van der Waals surface area contributed by atoms with Crippen molar-refractivity contribution in [3.63, 3.8) is 0 Å². The zero-order valence-corrected chi connectivity index (χ0v) is 30.5. The predicted molar refractivity (Wildman–Crippen MR) is 199 cm³/mol. The van der Waals surface area contributed by atoms with E-state index in [1.165, 1.54) is 11.8 Å². The monoisotopic (exact) mass is 726 g/mol. The summed E-state index contributed by atoms with van der Waals surface area (Å²) in [7, 11) is 0. The average Bonchev–Trinajstić information content (AvgIpc) is 3.10. The number of nitrogens with two attached hydrogens (primary N) is 3. The quantitative estimate of drug-likeness (QED) is 0.0760. The Morgan fingerprint density at radius 2 is 1.20 bits per heavy atom. The Morgan fingerprint density at radius 1 is 0.686 bits per heavy atom. The first-order valence-electron chi connectivity index (χ1n) is 17.1. The van der Waals surface area contributed by atoms with Crippen molar-refractivity contribution in [1.29, 1.82) is 0 Å². The molecule has 0 heterocycles. The number of primary amides is 1. The van der Waals surface area contributed by atoms with Crippen LogP contribution in [0.5, 0.6) is 0 Å². The number of nitrogens with one attached hydrogen (secondary N) is 5. The van der Waals surface area contributed by atoms with Crippen LogP contribution in [0.4, 0.5) is 0 Å². The highest BCUT2D eigenvalue weighted by Gasteiger charge is 2.30.